The van der Waals surface area contributed by atoms with Crippen LogP contribution >= 0.6 is 11.8 Å². The van der Waals surface area contributed by atoms with Crippen LogP contribution in [0.1, 0.15) is 53.5 Å². The number of halogens is 1. The van der Waals surface area contributed by atoms with Gasteiger partial charge in [0.05, 0.1) is 28.3 Å². The van der Waals surface area contributed by atoms with Crippen LogP contribution in [-0.4, -0.2) is 11.5 Å². The molecule has 1 aromatic carbocycles. The molecule has 0 radical (unpaired) electrons. The van der Waals surface area contributed by atoms with Crippen molar-refractivity contribution in [3.05, 3.63) is 81.2 Å². The molecular weight excluding hydrogens is 387 g/mol. The molecule has 1 aliphatic heterocycles. The number of nitrogens with zero attached hydrogens (tertiary/aromatic N) is 1. The van der Waals surface area contributed by atoms with Crippen molar-refractivity contribution in [3.8, 4) is 6.07 Å². The molecule has 1 aliphatic carbocycles. The average Bonchev–Trinajstić information content (AvgIpc) is 3.17. The molecule has 1 atom stereocenters. The van der Waals surface area contributed by atoms with Gasteiger partial charge >= 0.3 is 0 Å². The number of ketones is 1. The van der Waals surface area contributed by atoms with Crippen molar-refractivity contribution in [2.24, 2.45) is 0 Å². The number of benzene rings is 1. The zero-order valence-corrected chi connectivity index (χ0v) is 16.9. The third kappa shape index (κ3) is 4.01. The molecule has 29 heavy (non-hydrogen) atoms. The topological polar surface area (TPSA) is 66.0 Å². The molecule has 2 heterocycles. The van der Waals surface area contributed by atoms with Crippen LogP contribution in [0.3, 0.4) is 0 Å². The summed E-state index contributed by atoms with van der Waals surface area (Å²) in [6.07, 6.45) is 4.07. The highest BCUT2D eigenvalue weighted by Gasteiger charge is 2.34. The highest BCUT2D eigenvalue weighted by atomic mass is 32.2. The summed E-state index contributed by atoms with van der Waals surface area (Å²) >= 11 is 1.33. The average molecular weight is 408 g/mol. The van der Waals surface area contributed by atoms with E-state index >= 15 is 0 Å². The second-order valence-electron chi connectivity index (χ2n) is 7.29. The predicted octanol–water partition coefficient (Wildman–Crippen LogP) is 5.59. The first-order valence-electron chi connectivity index (χ1n) is 9.68. The maximum absolute atomic E-state index is 13.1. The molecule has 6 heteroatoms. The van der Waals surface area contributed by atoms with Crippen LogP contribution in [-0.2, 0) is 0 Å². The number of dihydropyridines is 1. The van der Waals surface area contributed by atoms with Crippen LogP contribution in [0.4, 0.5) is 4.39 Å². The first kappa shape index (κ1) is 19.5. The Bertz CT molecular complexity index is 1040. The molecule has 0 fully saturated rings. The maximum Gasteiger partial charge on any atom is 0.173 e. The number of carbonyl (C=O) groups excluding carboxylic acids is 1. The number of hydrogen-bond donors (Lipinski definition) is 1. The van der Waals surface area contributed by atoms with Crippen molar-refractivity contribution < 1.29 is 13.6 Å². The van der Waals surface area contributed by atoms with Crippen LogP contribution in [0.2, 0.25) is 0 Å². The van der Waals surface area contributed by atoms with Gasteiger partial charge in [0.2, 0.25) is 0 Å². The second-order valence-corrected chi connectivity index (χ2v) is 8.28. The first-order chi connectivity index (χ1) is 14.1. The Balaban J connectivity index is 1.62. The van der Waals surface area contributed by atoms with Gasteiger partial charge in [0.25, 0.3) is 0 Å². The van der Waals surface area contributed by atoms with Crippen LogP contribution in [0.15, 0.2) is 62.7 Å². The summed E-state index contributed by atoms with van der Waals surface area (Å²) in [5.74, 6) is 1.09. The van der Waals surface area contributed by atoms with Crippen molar-refractivity contribution in [1.29, 1.82) is 5.26 Å². The lowest BCUT2D eigenvalue weighted by Crippen LogP contribution is -2.27. The number of nitrogens with one attached hydrogen (secondary N) is 1. The van der Waals surface area contributed by atoms with Gasteiger partial charge in [-0.25, -0.2) is 4.39 Å². The van der Waals surface area contributed by atoms with Crippen molar-refractivity contribution in [1.82, 2.24) is 5.32 Å². The summed E-state index contributed by atoms with van der Waals surface area (Å²) in [6, 6.07) is 11.8. The minimum absolute atomic E-state index is 0.101. The monoisotopic (exact) mass is 408 g/mol. The van der Waals surface area contributed by atoms with Gasteiger partial charge < -0.3 is 9.73 Å². The number of carbonyl (C=O) groups is 1. The fourth-order valence-electron chi connectivity index (χ4n) is 3.91. The van der Waals surface area contributed by atoms with Crippen LogP contribution in [0.5, 0.6) is 0 Å². The number of rotatable bonds is 5. The third-order valence-electron chi connectivity index (χ3n) is 5.34. The highest BCUT2D eigenvalue weighted by molar-refractivity contribution is 8.03. The molecule has 0 bridgehead atoms. The van der Waals surface area contributed by atoms with Gasteiger partial charge in [-0.2, -0.15) is 5.26 Å². The minimum Gasteiger partial charge on any atom is -0.465 e. The molecule has 4 nitrogen and oxygen atoms in total. The normalized spacial score (nSPS) is 18.9. The van der Waals surface area contributed by atoms with Gasteiger partial charge in [0.1, 0.15) is 17.3 Å². The Morgan fingerprint density at radius 2 is 2.00 bits per heavy atom. The van der Waals surface area contributed by atoms with Crippen molar-refractivity contribution >= 4 is 17.5 Å². The van der Waals surface area contributed by atoms with Gasteiger partial charge in [0.15, 0.2) is 5.78 Å². The smallest absolute Gasteiger partial charge is 0.173 e. The quantitative estimate of drug-likeness (QED) is 0.653. The van der Waals surface area contributed by atoms with Gasteiger partial charge in [-0.3, -0.25) is 4.79 Å². The molecule has 2 aliphatic rings. The Morgan fingerprint density at radius 3 is 2.69 bits per heavy atom. The van der Waals surface area contributed by atoms with E-state index in [1.807, 2.05) is 19.1 Å². The van der Waals surface area contributed by atoms with Crippen LogP contribution in [0.25, 0.3) is 0 Å². The molecule has 148 valence electrons. The van der Waals surface area contributed by atoms with Gasteiger partial charge in [-0.1, -0.05) is 11.8 Å². The second kappa shape index (κ2) is 8.30. The van der Waals surface area contributed by atoms with E-state index in [2.05, 4.69) is 11.4 Å². The summed E-state index contributed by atoms with van der Waals surface area (Å²) in [7, 11) is 0. The molecule has 1 N–H and O–H groups in total. The fraction of sp³-hybridized carbons (Fsp3) is 0.304. The SMILES string of the molecule is Cc1ccc([C@H]2C(C#N)=C(SCC(=O)c3ccc(F)cc3)NC3=C2CCCC3)o1. The van der Waals surface area contributed by atoms with Crippen LogP contribution < -0.4 is 5.32 Å². The molecule has 4 rings (SSSR count). The lowest BCUT2D eigenvalue weighted by molar-refractivity contribution is 0.102. The fourth-order valence-corrected chi connectivity index (χ4v) is 4.86. The molecule has 1 aromatic heterocycles. The van der Waals surface area contributed by atoms with E-state index in [1.165, 1.54) is 41.6 Å². The molecule has 2 aromatic rings. The van der Waals surface area contributed by atoms with E-state index in [9.17, 15) is 14.4 Å². The van der Waals surface area contributed by atoms with E-state index in [4.69, 9.17) is 4.42 Å². The molecule has 0 saturated carbocycles. The van der Waals surface area contributed by atoms with Gasteiger partial charge in [-0.15, -0.1) is 0 Å². The standard InChI is InChI=1S/C23H21FN2O2S/c1-14-6-11-21(28-14)22-17-4-2-3-5-19(17)26-23(18(22)12-25)29-13-20(27)15-7-9-16(24)10-8-15/h6-11,22,26H,2-5,13H2,1H3/t22-/m1/s1. The van der Waals surface area contributed by atoms with Gasteiger partial charge in [-0.05, 0) is 74.6 Å². The number of aryl methyl sites for hydroxylation is 1. The lowest BCUT2D eigenvalue weighted by atomic mass is 9.80. The summed E-state index contributed by atoms with van der Waals surface area (Å²) in [4.78, 5) is 12.5. The van der Waals surface area contributed by atoms with Crippen molar-refractivity contribution in [2.75, 3.05) is 5.75 Å². The van der Waals surface area contributed by atoms with Gasteiger partial charge in [0, 0.05) is 11.3 Å². The van der Waals surface area contributed by atoms with E-state index in [0.717, 1.165) is 42.9 Å². The summed E-state index contributed by atoms with van der Waals surface area (Å²) in [5.41, 5.74) is 3.42. The summed E-state index contributed by atoms with van der Waals surface area (Å²) in [5, 5.41) is 14.1. The first-order valence-corrected chi connectivity index (χ1v) is 10.7. The van der Waals surface area contributed by atoms with Crippen molar-refractivity contribution in [2.45, 2.75) is 38.5 Å². The summed E-state index contributed by atoms with van der Waals surface area (Å²) < 4.78 is 19.0. The Hall–Kier alpha value is -2.78. The maximum atomic E-state index is 13.1. The third-order valence-corrected chi connectivity index (χ3v) is 6.35. The lowest BCUT2D eigenvalue weighted by Gasteiger charge is -2.33. The molecular formula is C23H21FN2O2S. The summed E-state index contributed by atoms with van der Waals surface area (Å²) in [6.45, 7) is 1.90. The Labute approximate surface area is 173 Å². The number of Topliss-reactive ketones (excluding diaryl/α,β-unsaturated/α-hetero) is 1. The zero-order valence-electron chi connectivity index (χ0n) is 16.1. The minimum atomic E-state index is -0.369. The van der Waals surface area contributed by atoms with Crippen LogP contribution in [0, 0.1) is 24.1 Å². The molecule has 0 saturated heterocycles. The number of nitriles is 1. The molecule has 0 unspecified atom stereocenters. The van der Waals surface area contributed by atoms with E-state index in [0.29, 0.717) is 16.2 Å². The van der Waals surface area contributed by atoms with E-state index in [1.54, 1.807) is 0 Å². The number of hydrogen-bond acceptors (Lipinski definition) is 5. The van der Waals surface area contributed by atoms with E-state index in [-0.39, 0.29) is 23.3 Å². The largest absolute Gasteiger partial charge is 0.465 e. The molecule has 0 amide bonds. The van der Waals surface area contributed by atoms with Crippen molar-refractivity contribution in [3.63, 3.8) is 0 Å². The molecule has 0 spiro atoms. The number of thioether (sulfide) groups is 1. The van der Waals surface area contributed by atoms with E-state index < -0.39 is 0 Å². The highest BCUT2D eigenvalue weighted by Crippen LogP contribution is 2.45. The number of furan rings is 1. The zero-order chi connectivity index (χ0) is 20.4. The Kier molecular flexibility index (Phi) is 5.59. The Morgan fingerprint density at radius 1 is 1.24 bits per heavy atom. The number of allylic oxidation sites excluding steroid dienone is 3. The predicted molar refractivity (Wildman–Crippen MR) is 111 cm³/mol.